The van der Waals surface area contributed by atoms with Crippen molar-refractivity contribution >= 4 is 5.91 Å². The molecule has 3 aromatic rings. The Bertz CT molecular complexity index is 965. The third-order valence-electron chi connectivity index (χ3n) is 4.34. The lowest BCUT2D eigenvalue weighted by Crippen LogP contribution is -2.34. The van der Waals surface area contributed by atoms with Crippen LogP contribution in [0.3, 0.4) is 0 Å². The van der Waals surface area contributed by atoms with Gasteiger partial charge in [-0.2, -0.15) is 0 Å². The molecule has 146 valence electrons. The van der Waals surface area contributed by atoms with Gasteiger partial charge in [0.1, 0.15) is 12.4 Å². The van der Waals surface area contributed by atoms with Gasteiger partial charge in [0, 0.05) is 29.9 Å². The second-order valence-electron chi connectivity index (χ2n) is 7.09. The number of carbonyl (C=O) groups is 1. The lowest BCUT2D eigenvalue weighted by Gasteiger charge is -2.12. The number of nitrogens with one attached hydrogen (secondary N) is 1. The van der Waals surface area contributed by atoms with Crippen LogP contribution in [0.2, 0.25) is 0 Å². The quantitative estimate of drug-likeness (QED) is 0.673. The van der Waals surface area contributed by atoms with E-state index in [-0.39, 0.29) is 24.2 Å². The van der Waals surface area contributed by atoms with Gasteiger partial charge in [-0.05, 0) is 57.0 Å². The van der Waals surface area contributed by atoms with Gasteiger partial charge >= 0.3 is 0 Å². The lowest BCUT2D eigenvalue weighted by atomic mass is 10.1. The van der Waals surface area contributed by atoms with Gasteiger partial charge in [0.25, 0.3) is 5.91 Å². The molecule has 0 saturated heterocycles. The first-order valence-electron chi connectivity index (χ1n) is 9.30. The van der Waals surface area contributed by atoms with Gasteiger partial charge < -0.3 is 14.6 Å². The molecular weight excluding hydrogens is 354 g/mol. The van der Waals surface area contributed by atoms with Crippen molar-refractivity contribution in [1.29, 1.82) is 0 Å². The first kappa shape index (κ1) is 19.6. The van der Waals surface area contributed by atoms with E-state index in [2.05, 4.69) is 15.5 Å². The average Bonchev–Trinajstić information content (AvgIpc) is 3.11. The summed E-state index contributed by atoms with van der Waals surface area (Å²) in [6, 6.07) is 13.4. The van der Waals surface area contributed by atoms with Crippen LogP contribution in [0.1, 0.15) is 45.7 Å². The number of nitrogens with zero attached hydrogens (tertiary/aromatic N) is 2. The second kappa shape index (κ2) is 8.69. The molecule has 0 radical (unpaired) electrons. The van der Waals surface area contributed by atoms with E-state index in [4.69, 9.17) is 9.26 Å². The van der Waals surface area contributed by atoms with Crippen LogP contribution in [0.5, 0.6) is 5.75 Å². The van der Waals surface area contributed by atoms with Gasteiger partial charge in [-0.1, -0.05) is 23.4 Å². The number of aromatic nitrogens is 2. The molecular formula is C22H25N3O3. The lowest BCUT2D eigenvalue weighted by molar-refractivity contribution is 0.0930. The summed E-state index contributed by atoms with van der Waals surface area (Å²) in [4.78, 5) is 16.9. The Morgan fingerprint density at radius 3 is 2.79 bits per heavy atom. The molecule has 0 unspecified atom stereocenters. The summed E-state index contributed by atoms with van der Waals surface area (Å²) in [5, 5.41) is 6.79. The van der Waals surface area contributed by atoms with Crippen molar-refractivity contribution in [1.82, 2.24) is 15.5 Å². The highest BCUT2D eigenvalue weighted by molar-refractivity contribution is 5.92. The van der Waals surface area contributed by atoms with Crippen LogP contribution >= 0.6 is 0 Å². The molecule has 1 aromatic carbocycles. The van der Waals surface area contributed by atoms with Crippen LogP contribution in [0.4, 0.5) is 0 Å². The first-order valence-corrected chi connectivity index (χ1v) is 9.30. The maximum Gasteiger partial charge on any atom is 0.273 e. The Kier molecular flexibility index (Phi) is 6.09. The Morgan fingerprint density at radius 1 is 1.18 bits per heavy atom. The zero-order chi connectivity index (χ0) is 20.1. The van der Waals surface area contributed by atoms with Crippen molar-refractivity contribution in [3.63, 3.8) is 0 Å². The standard InChI is InChI=1S/C22H25N3O3/c1-14-8-9-15(2)21(10-14)27-13-19-12-20(25-28-19)22(26)24-17(4)11-18-7-5-6-16(3)23-18/h5-10,12,17H,11,13H2,1-4H3,(H,24,26)/t17-/m0/s1. The summed E-state index contributed by atoms with van der Waals surface area (Å²) in [6.07, 6.45) is 0.647. The van der Waals surface area contributed by atoms with Crippen molar-refractivity contribution in [2.45, 2.75) is 46.8 Å². The Labute approximate surface area is 164 Å². The second-order valence-corrected chi connectivity index (χ2v) is 7.09. The minimum absolute atomic E-state index is 0.0758. The van der Waals surface area contributed by atoms with E-state index in [1.807, 2.05) is 64.1 Å². The maximum absolute atomic E-state index is 12.4. The van der Waals surface area contributed by atoms with Gasteiger partial charge in [0.05, 0.1) is 0 Å². The molecule has 2 heterocycles. The molecule has 28 heavy (non-hydrogen) atoms. The molecule has 0 spiro atoms. The molecule has 0 aliphatic rings. The van der Waals surface area contributed by atoms with Gasteiger partial charge in [-0.25, -0.2) is 0 Å². The molecule has 0 fully saturated rings. The Balaban J connectivity index is 1.55. The fraction of sp³-hybridized carbons (Fsp3) is 0.318. The van der Waals surface area contributed by atoms with Gasteiger partial charge in [0.15, 0.2) is 11.5 Å². The summed E-state index contributed by atoms with van der Waals surface area (Å²) in [5.41, 5.74) is 4.30. The van der Waals surface area contributed by atoms with Crippen LogP contribution in [-0.2, 0) is 13.0 Å². The fourth-order valence-corrected chi connectivity index (χ4v) is 2.88. The topological polar surface area (TPSA) is 77.2 Å². The van der Waals surface area contributed by atoms with Gasteiger partial charge in [-0.15, -0.1) is 0 Å². The van der Waals surface area contributed by atoms with Crippen molar-refractivity contribution < 1.29 is 14.1 Å². The molecule has 6 heteroatoms. The van der Waals surface area contributed by atoms with Gasteiger partial charge in [-0.3, -0.25) is 9.78 Å². The van der Waals surface area contributed by atoms with Crippen molar-refractivity contribution in [3.8, 4) is 5.75 Å². The van der Waals surface area contributed by atoms with Crippen molar-refractivity contribution in [3.05, 3.63) is 76.4 Å². The van der Waals surface area contributed by atoms with Crippen LogP contribution in [0.25, 0.3) is 0 Å². The summed E-state index contributed by atoms with van der Waals surface area (Å²) < 4.78 is 11.0. The predicted molar refractivity (Wildman–Crippen MR) is 106 cm³/mol. The van der Waals surface area contributed by atoms with Crippen LogP contribution in [0.15, 0.2) is 47.0 Å². The summed E-state index contributed by atoms with van der Waals surface area (Å²) >= 11 is 0. The van der Waals surface area contributed by atoms with Crippen molar-refractivity contribution in [2.75, 3.05) is 0 Å². The van der Waals surface area contributed by atoms with E-state index in [0.717, 1.165) is 28.3 Å². The Morgan fingerprint density at radius 2 is 2.00 bits per heavy atom. The summed E-state index contributed by atoms with van der Waals surface area (Å²) in [6.45, 7) is 8.10. The van der Waals surface area contributed by atoms with E-state index in [9.17, 15) is 4.79 Å². The zero-order valence-corrected chi connectivity index (χ0v) is 16.7. The van der Waals surface area contributed by atoms with Crippen molar-refractivity contribution in [2.24, 2.45) is 0 Å². The number of amides is 1. The number of benzene rings is 1. The van der Waals surface area contributed by atoms with Crippen LogP contribution < -0.4 is 10.1 Å². The molecule has 6 nitrogen and oxygen atoms in total. The molecule has 0 bridgehead atoms. The number of ether oxygens (including phenoxy) is 1. The normalized spacial score (nSPS) is 11.9. The number of hydrogen-bond acceptors (Lipinski definition) is 5. The number of aryl methyl sites for hydroxylation is 3. The highest BCUT2D eigenvalue weighted by atomic mass is 16.5. The molecule has 1 atom stereocenters. The van der Waals surface area contributed by atoms with E-state index in [0.29, 0.717) is 12.2 Å². The number of pyridine rings is 1. The molecule has 0 aliphatic carbocycles. The number of carbonyl (C=O) groups excluding carboxylic acids is 1. The monoisotopic (exact) mass is 379 g/mol. The minimum Gasteiger partial charge on any atom is -0.485 e. The molecule has 3 rings (SSSR count). The highest BCUT2D eigenvalue weighted by Gasteiger charge is 2.16. The fourth-order valence-electron chi connectivity index (χ4n) is 2.88. The zero-order valence-electron chi connectivity index (χ0n) is 16.7. The van der Waals surface area contributed by atoms with Crippen LogP contribution in [0, 0.1) is 20.8 Å². The highest BCUT2D eigenvalue weighted by Crippen LogP contribution is 2.20. The van der Waals surface area contributed by atoms with Gasteiger partial charge in [0.2, 0.25) is 0 Å². The molecule has 0 aliphatic heterocycles. The van der Waals surface area contributed by atoms with Crippen LogP contribution in [-0.4, -0.2) is 22.1 Å². The largest absolute Gasteiger partial charge is 0.485 e. The average molecular weight is 379 g/mol. The third kappa shape index (κ3) is 5.19. The van der Waals surface area contributed by atoms with E-state index < -0.39 is 0 Å². The van der Waals surface area contributed by atoms with E-state index >= 15 is 0 Å². The Hall–Kier alpha value is -3.15. The first-order chi connectivity index (χ1) is 13.4. The molecule has 1 amide bonds. The maximum atomic E-state index is 12.4. The molecule has 1 N–H and O–H groups in total. The summed E-state index contributed by atoms with van der Waals surface area (Å²) in [5.74, 6) is 1.02. The third-order valence-corrected chi connectivity index (χ3v) is 4.34. The predicted octanol–water partition coefficient (Wildman–Crippen LogP) is 3.93. The number of rotatable bonds is 7. The smallest absolute Gasteiger partial charge is 0.273 e. The number of hydrogen-bond donors (Lipinski definition) is 1. The van der Waals surface area contributed by atoms with E-state index in [1.54, 1.807) is 6.07 Å². The minimum atomic E-state index is -0.276. The molecule has 0 saturated carbocycles. The van der Waals surface area contributed by atoms with E-state index in [1.165, 1.54) is 0 Å². The molecule has 2 aromatic heterocycles. The summed E-state index contributed by atoms with van der Waals surface area (Å²) in [7, 11) is 0. The SMILES string of the molecule is Cc1ccc(C)c(OCc2cc(C(=O)N[C@@H](C)Cc3cccc(C)n3)no2)c1.